The molecule has 2 heterocycles. The smallest absolute Gasteiger partial charge is 0.276 e. The summed E-state index contributed by atoms with van der Waals surface area (Å²) in [7, 11) is 0. The molecule has 2 amide bonds. The van der Waals surface area contributed by atoms with Gasteiger partial charge in [0.05, 0.1) is 18.8 Å². The lowest BCUT2D eigenvalue weighted by Crippen LogP contribution is -2.40. The van der Waals surface area contributed by atoms with Crippen molar-refractivity contribution in [2.45, 2.75) is 32.4 Å². The van der Waals surface area contributed by atoms with Crippen LogP contribution in [0.4, 0.5) is 4.39 Å². The van der Waals surface area contributed by atoms with Crippen molar-refractivity contribution in [1.29, 1.82) is 0 Å². The summed E-state index contributed by atoms with van der Waals surface area (Å²) in [6, 6.07) is 6.14. The molecule has 28 heavy (non-hydrogen) atoms. The average Bonchev–Trinajstić information content (AvgIpc) is 3.22. The van der Waals surface area contributed by atoms with E-state index in [9.17, 15) is 14.0 Å². The third kappa shape index (κ3) is 5.13. The molecule has 0 radical (unpaired) electrons. The van der Waals surface area contributed by atoms with Gasteiger partial charge in [0.2, 0.25) is 5.91 Å². The van der Waals surface area contributed by atoms with Crippen LogP contribution in [0.2, 0.25) is 0 Å². The summed E-state index contributed by atoms with van der Waals surface area (Å²) in [5.74, 6) is -0.930. The third-order valence-electron chi connectivity index (χ3n) is 4.82. The lowest BCUT2D eigenvalue weighted by atomic mass is 10.1. The molecule has 1 fully saturated rings. The molecule has 0 bridgehead atoms. The van der Waals surface area contributed by atoms with E-state index in [2.05, 4.69) is 20.9 Å². The number of nitrogens with zero attached hydrogens (tertiary/aromatic N) is 4. The number of hydrogen-bond donors (Lipinski definition) is 2. The SMILES string of the molecule is CCN(CC(=O)NCc1ccc(F)cc1)C(=O)c1cn(C2CCNCC2)nn1. The van der Waals surface area contributed by atoms with E-state index in [1.807, 2.05) is 6.92 Å². The first-order valence-corrected chi connectivity index (χ1v) is 9.49. The Bertz CT molecular complexity index is 801. The normalized spacial score (nSPS) is 14.6. The van der Waals surface area contributed by atoms with Crippen LogP contribution in [-0.2, 0) is 11.3 Å². The van der Waals surface area contributed by atoms with Gasteiger partial charge in [-0.2, -0.15) is 0 Å². The highest BCUT2D eigenvalue weighted by molar-refractivity contribution is 5.94. The monoisotopic (exact) mass is 388 g/mol. The molecule has 1 aromatic carbocycles. The molecule has 9 heteroatoms. The number of hydrogen-bond acceptors (Lipinski definition) is 5. The van der Waals surface area contributed by atoms with Crippen molar-refractivity contribution in [3.8, 4) is 0 Å². The van der Waals surface area contributed by atoms with Gasteiger partial charge in [0.25, 0.3) is 5.91 Å². The summed E-state index contributed by atoms with van der Waals surface area (Å²) in [5, 5.41) is 14.1. The number of likely N-dealkylation sites (N-methyl/N-ethyl adjacent to an activating group) is 1. The Hall–Kier alpha value is -2.81. The van der Waals surface area contributed by atoms with E-state index in [-0.39, 0.29) is 42.5 Å². The fourth-order valence-electron chi connectivity index (χ4n) is 3.15. The van der Waals surface area contributed by atoms with Crippen LogP contribution in [-0.4, -0.2) is 57.9 Å². The molecule has 1 aromatic heterocycles. The molecule has 0 spiro atoms. The number of amides is 2. The molecular weight excluding hydrogens is 363 g/mol. The Morgan fingerprint density at radius 3 is 2.68 bits per heavy atom. The zero-order chi connectivity index (χ0) is 19.9. The maximum absolute atomic E-state index is 12.9. The minimum atomic E-state index is -0.324. The molecule has 2 N–H and O–H groups in total. The van der Waals surface area contributed by atoms with Crippen LogP contribution in [0.1, 0.15) is 41.9 Å². The first kappa shape index (κ1) is 19.9. The van der Waals surface area contributed by atoms with Crippen LogP contribution in [0, 0.1) is 5.82 Å². The molecule has 0 atom stereocenters. The van der Waals surface area contributed by atoms with E-state index in [0.29, 0.717) is 6.54 Å². The quantitative estimate of drug-likeness (QED) is 0.742. The maximum Gasteiger partial charge on any atom is 0.276 e. The first-order valence-electron chi connectivity index (χ1n) is 9.49. The van der Waals surface area contributed by atoms with Crippen LogP contribution >= 0.6 is 0 Å². The van der Waals surface area contributed by atoms with Crippen LogP contribution in [0.3, 0.4) is 0 Å². The van der Waals surface area contributed by atoms with Gasteiger partial charge in [-0.25, -0.2) is 9.07 Å². The summed E-state index contributed by atoms with van der Waals surface area (Å²) in [6.45, 7) is 4.23. The van der Waals surface area contributed by atoms with E-state index in [0.717, 1.165) is 31.5 Å². The molecule has 0 saturated carbocycles. The Morgan fingerprint density at radius 1 is 1.29 bits per heavy atom. The third-order valence-corrected chi connectivity index (χ3v) is 4.82. The fraction of sp³-hybridized carbons (Fsp3) is 0.474. The summed E-state index contributed by atoms with van der Waals surface area (Å²) >= 11 is 0. The number of halogens is 1. The topological polar surface area (TPSA) is 92.2 Å². The van der Waals surface area contributed by atoms with Gasteiger partial charge in [-0.15, -0.1) is 5.10 Å². The van der Waals surface area contributed by atoms with E-state index < -0.39 is 0 Å². The number of piperidine rings is 1. The molecule has 8 nitrogen and oxygen atoms in total. The van der Waals surface area contributed by atoms with Crippen molar-refractivity contribution >= 4 is 11.8 Å². The maximum atomic E-state index is 12.9. The molecule has 1 aliphatic rings. The highest BCUT2D eigenvalue weighted by atomic mass is 19.1. The summed E-state index contributed by atoms with van der Waals surface area (Å²) in [5.41, 5.74) is 1.03. The largest absolute Gasteiger partial charge is 0.350 e. The number of rotatable bonds is 7. The standard InChI is InChI=1S/C19H25FN6O2/c1-2-25(13-18(27)22-11-14-3-5-15(20)6-4-14)19(28)17-12-26(24-23-17)16-7-9-21-10-8-16/h3-6,12,16,21H,2,7-11,13H2,1H3,(H,22,27). The predicted octanol–water partition coefficient (Wildman–Crippen LogP) is 1.12. The van der Waals surface area contributed by atoms with Crippen molar-refractivity contribution in [3.63, 3.8) is 0 Å². The van der Waals surface area contributed by atoms with Crippen LogP contribution in [0.15, 0.2) is 30.5 Å². The second-order valence-electron chi connectivity index (χ2n) is 6.79. The van der Waals surface area contributed by atoms with Gasteiger partial charge in [0.15, 0.2) is 5.69 Å². The number of benzene rings is 1. The summed E-state index contributed by atoms with van der Waals surface area (Å²) < 4.78 is 14.7. The lowest BCUT2D eigenvalue weighted by molar-refractivity contribution is -0.121. The van der Waals surface area contributed by atoms with Gasteiger partial charge in [0.1, 0.15) is 5.82 Å². The summed E-state index contributed by atoms with van der Waals surface area (Å²) in [6.07, 6.45) is 3.55. The average molecular weight is 388 g/mol. The Labute approximate surface area is 163 Å². The molecule has 1 aliphatic heterocycles. The van der Waals surface area contributed by atoms with Gasteiger partial charge < -0.3 is 15.5 Å². The highest BCUT2D eigenvalue weighted by Crippen LogP contribution is 2.17. The fourth-order valence-corrected chi connectivity index (χ4v) is 3.15. The first-order chi connectivity index (χ1) is 13.6. The van der Waals surface area contributed by atoms with Crippen LogP contribution in [0.25, 0.3) is 0 Å². The summed E-state index contributed by atoms with van der Waals surface area (Å²) in [4.78, 5) is 26.3. The molecular formula is C19H25FN6O2. The van der Waals surface area contributed by atoms with Gasteiger partial charge >= 0.3 is 0 Å². The van der Waals surface area contributed by atoms with Crippen LogP contribution < -0.4 is 10.6 Å². The van der Waals surface area contributed by atoms with E-state index >= 15 is 0 Å². The van der Waals surface area contributed by atoms with Crippen LogP contribution in [0.5, 0.6) is 0 Å². The number of carbonyl (C=O) groups excluding carboxylic acids is 2. The zero-order valence-corrected chi connectivity index (χ0v) is 15.9. The minimum absolute atomic E-state index is 0.0727. The minimum Gasteiger partial charge on any atom is -0.350 e. The van der Waals surface area contributed by atoms with Crippen molar-refractivity contribution < 1.29 is 14.0 Å². The highest BCUT2D eigenvalue weighted by Gasteiger charge is 2.23. The molecule has 3 rings (SSSR count). The van der Waals surface area contributed by atoms with E-state index in [1.54, 1.807) is 23.0 Å². The van der Waals surface area contributed by atoms with E-state index in [1.165, 1.54) is 17.0 Å². The Kier molecular flexibility index (Phi) is 6.70. The molecule has 150 valence electrons. The van der Waals surface area contributed by atoms with Gasteiger partial charge in [0, 0.05) is 13.1 Å². The van der Waals surface area contributed by atoms with Gasteiger partial charge in [-0.1, -0.05) is 17.3 Å². The lowest BCUT2D eigenvalue weighted by Gasteiger charge is -2.22. The number of nitrogens with one attached hydrogen (secondary N) is 2. The molecule has 0 unspecified atom stereocenters. The molecule has 0 aliphatic carbocycles. The van der Waals surface area contributed by atoms with Crippen molar-refractivity contribution in [2.24, 2.45) is 0 Å². The molecule has 1 saturated heterocycles. The Morgan fingerprint density at radius 2 is 2.00 bits per heavy atom. The Balaban J connectivity index is 1.54. The number of aromatic nitrogens is 3. The van der Waals surface area contributed by atoms with Gasteiger partial charge in [-0.3, -0.25) is 9.59 Å². The second kappa shape index (κ2) is 9.41. The van der Waals surface area contributed by atoms with Gasteiger partial charge in [-0.05, 0) is 50.6 Å². The van der Waals surface area contributed by atoms with Crippen molar-refractivity contribution in [1.82, 2.24) is 30.5 Å². The van der Waals surface area contributed by atoms with Crippen molar-refractivity contribution in [3.05, 3.63) is 47.5 Å². The second-order valence-corrected chi connectivity index (χ2v) is 6.79. The number of carbonyl (C=O) groups is 2. The molecule has 2 aromatic rings. The predicted molar refractivity (Wildman–Crippen MR) is 101 cm³/mol. The van der Waals surface area contributed by atoms with Crippen molar-refractivity contribution in [2.75, 3.05) is 26.2 Å². The van der Waals surface area contributed by atoms with E-state index in [4.69, 9.17) is 0 Å². The zero-order valence-electron chi connectivity index (χ0n) is 15.9.